The maximum absolute atomic E-state index is 12.7. The molecule has 0 radical (unpaired) electrons. The molecule has 0 unspecified atom stereocenters. The van der Waals surface area contributed by atoms with Crippen LogP contribution in [0.3, 0.4) is 0 Å². The van der Waals surface area contributed by atoms with Gasteiger partial charge in [-0.25, -0.2) is 0 Å². The lowest BCUT2D eigenvalue weighted by molar-refractivity contribution is -0.322. The second-order valence-electron chi connectivity index (χ2n) is 11.5. The van der Waals surface area contributed by atoms with Crippen LogP contribution < -0.4 is 0 Å². The fourth-order valence-corrected chi connectivity index (χ4v) is 10.5. The van der Waals surface area contributed by atoms with E-state index < -0.39 is 34.9 Å². The number of likely N-dealkylation sites (N-methyl/N-ethyl adjacent to an activating group) is 1. The third-order valence-electron chi connectivity index (χ3n) is 11.1. The number of methoxy groups -OCH3 is 2. The zero-order chi connectivity index (χ0) is 21.4. The molecule has 0 aromatic rings. The van der Waals surface area contributed by atoms with Crippen LogP contribution in [0.5, 0.6) is 0 Å². The van der Waals surface area contributed by atoms with Gasteiger partial charge in [-0.2, -0.15) is 0 Å². The number of hydrogen-bond acceptors (Lipinski definition) is 7. The van der Waals surface area contributed by atoms with Gasteiger partial charge in [0.25, 0.3) is 0 Å². The van der Waals surface area contributed by atoms with E-state index in [4.69, 9.17) is 9.47 Å². The highest BCUT2D eigenvalue weighted by atomic mass is 16.5. The molecule has 0 aromatic carbocycles. The van der Waals surface area contributed by atoms with Crippen LogP contribution in [0.2, 0.25) is 0 Å². The minimum atomic E-state index is -1.57. The smallest absolute Gasteiger partial charge is 0.136 e. The van der Waals surface area contributed by atoms with Gasteiger partial charge in [0.05, 0.1) is 30.5 Å². The zero-order valence-electron chi connectivity index (χ0n) is 18.5. The van der Waals surface area contributed by atoms with Gasteiger partial charge < -0.3 is 29.9 Å². The number of likely N-dealkylation sites (tertiary alicyclic amines) is 1. The Morgan fingerprint density at radius 3 is 2.53 bits per heavy atom. The summed E-state index contributed by atoms with van der Waals surface area (Å²) in [6.45, 7) is 5.88. The first kappa shape index (κ1) is 20.3. The van der Waals surface area contributed by atoms with Gasteiger partial charge in [-0.05, 0) is 37.1 Å². The minimum Gasteiger partial charge on any atom is -0.392 e. The molecule has 1 spiro atoms. The molecule has 7 nitrogen and oxygen atoms in total. The van der Waals surface area contributed by atoms with Crippen molar-refractivity contribution in [2.75, 3.05) is 27.3 Å². The van der Waals surface area contributed by atoms with Crippen LogP contribution in [0.15, 0.2) is 0 Å². The molecule has 1 saturated heterocycles. The second-order valence-corrected chi connectivity index (χ2v) is 11.5. The van der Waals surface area contributed by atoms with Crippen LogP contribution in [0.1, 0.15) is 39.5 Å². The Labute approximate surface area is 178 Å². The van der Waals surface area contributed by atoms with Crippen molar-refractivity contribution in [2.45, 2.75) is 81.2 Å². The Balaban J connectivity index is 1.68. The number of rotatable bonds is 3. The highest BCUT2D eigenvalue weighted by molar-refractivity contribution is 5.41. The molecular weight excluding hydrogens is 386 g/mol. The molecule has 1 heterocycles. The Bertz CT molecular complexity index is 766. The van der Waals surface area contributed by atoms with Crippen LogP contribution >= 0.6 is 0 Å². The molecule has 5 saturated carbocycles. The molecule has 7 heteroatoms. The molecule has 4 N–H and O–H groups in total. The second kappa shape index (κ2) is 5.79. The van der Waals surface area contributed by atoms with Gasteiger partial charge in [0.2, 0.25) is 0 Å². The quantitative estimate of drug-likeness (QED) is 0.506. The molecule has 7 bridgehead atoms. The predicted octanol–water partition coefficient (Wildman–Crippen LogP) is -0.00960. The van der Waals surface area contributed by atoms with E-state index in [0.29, 0.717) is 12.8 Å². The van der Waals surface area contributed by atoms with Crippen LogP contribution in [0, 0.1) is 34.5 Å². The summed E-state index contributed by atoms with van der Waals surface area (Å²) >= 11 is 0. The average molecular weight is 424 g/mol. The molecule has 6 aliphatic rings. The van der Waals surface area contributed by atoms with Crippen molar-refractivity contribution in [1.82, 2.24) is 4.90 Å². The Morgan fingerprint density at radius 1 is 1.17 bits per heavy atom. The van der Waals surface area contributed by atoms with E-state index in [-0.39, 0.29) is 41.2 Å². The van der Waals surface area contributed by atoms with Crippen molar-refractivity contribution in [2.24, 2.45) is 34.5 Å². The summed E-state index contributed by atoms with van der Waals surface area (Å²) in [6.07, 6.45) is 0.198. The molecular formula is C23H37NO6. The number of fused-ring (bicyclic) bond motifs is 2. The Hall–Kier alpha value is -0.280. The number of ether oxygens (including phenoxy) is 2. The highest BCUT2D eigenvalue weighted by Crippen LogP contribution is 2.80. The lowest BCUT2D eigenvalue weighted by atomic mass is 9.43. The number of aliphatic hydroxyl groups excluding tert-OH is 3. The third kappa shape index (κ3) is 1.71. The summed E-state index contributed by atoms with van der Waals surface area (Å²) in [5.74, 6) is -0.567. The number of nitrogens with zero attached hydrogens (tertiary/aromatic N) is 1. The third-order valence-corrected chi connectivity index (χ3v) is 11.1. The molecule has 0 amide bonds. The van der Waals surface area contributed by atoms with Crippen molar-refractivity contribution in [3.05, 3.63) is 0 Å². The summed E-state index contributed by atoms with van der Waals surface area (Å²) in [6, 6.07) is -0.388. The minimum absolute atomic E-state index is 0.0194. The van der Waals surface area contributed by atoms with Crippen LogP contribution in [0.25, 0.3) is 0 Å². The van der Waals surface area contributed by atoms with E-state index in [0.717, 1.165) is 25.9 Å². The van der Waals surface area contributed by atoms with Gasteiger partial charge in [-0.1, -0.05) is 13.8 Å². The van der Waals surface area contributed by atoms with Crippen LogP contribution in [-0.2, 0) is 9.47 Å². The molecule has 1 aliphatic heterocycles. The fraction of sp³-hybridized carbons (Fsp3) is 1.00. The van der Waals surface area contributed by atoms with Crippen LogP contribution in [-0.4, -0.2) is 94.3 Å². The Kier molecular flexibility index (Phi) is 3.93. The van der Waals surface area contributed by atoms with Crippen molar-refractivity contribution in [3.8, 4) is 0 Å². The molecule has 5 aliphatic carbocycles. The Morgan fingerprint density at radius 2 is 1.90 bits per heavy atom. The first-order valence-electron chi connectivity index (χ1n) is 11.8. The van der Waals surface area contributed by atoms with Gasteiger partial charge >= 0.3 is 0 Å². The summed E-state index contributed by atoms with van der Waals surface area (Å²) in [7, 11) is 3.27. The molecule has 170 valence electrons. The van der Waals surface area contributed by atoms with Crippen molar-refractivity contribution < 1.29 is 29.9 Å². The number of piperidine rings is 1. The molecule has 6 fully saturated rings. The maximum atomic E-state index is 12.7. The van der Waals surface area contributed by atoms with Crippen molar-refractivity contribution in [3.63, 3.8) is 0 Å². The summed E-state index contributed by atoms with van der Waals surface area (Å²) in [4.78, 5) is 2.31. The summed E-state index contributed by atoms with van der Waals surface area (Å²) in [5, 5.41) is 47.7. The maximum Gasteiger partial charge on any atom is 0.136 e. The van der Waals surface area contributed by atoms with Crippen molar-refractivity contribution >= 4 is 0 Å². The van der Waals surface area contributed by atoms with E-state index in [1.165, 1.54) is 0 Å². The lowest BCUT2D eigenvalue weighted by Crippen LogP contribution is -2.82. The van der Waals surface area contributed by atoms with Gasteiger partial charge in [-0.15, -0.1) is 0 Å². The largest absolute Gasteiger partial charge is 0.392 e. The van der Waals surface area contributed by atoms with Crippen LogP contribution in [0.4, 0.5) is 0 Å². The van der Waals surface area contributed by atoms with Gasteiger partial charge in [0.1, 0.15) is 11.2 Å². The molecule has 0 aromatic heterocycles. The summed E-state index contributed by atoms with van der Waals surface area (Å²) in [5.41, 5.74) is -3.50. The number of hydrogen-bond donors (Lipinski definition) is 4. The fourth-order valence-electron chi connectivity index (χ4n) is 10.5. The van der Waals surface area contributed by atoms with E-state index >= 15 is 0 Å². The van der Waals surface area contributed by atoms with Gasteiger partial charge in [-0.3, -0.25) is 4.90 Å². The molecule has 6 rings (SSSR count). The van der Waals surface area contributed by atoms with Crippen molar-refractivity contribution in [1.29, 1.82) is 0 Å². The van der Waals surface area contributed by atoms with E-state index in [9.17, 15) is 20.4 Å². The van der Waals surface area contributed by atoms with Gasteiger partial charge in [0, 0.05) is 50.4 Å². The highest BCUT2D eigenvalue weighted by Gasteiger charge is 2.90. The van der Waals surface area contributed by atoms with E-state index in [1.807, 2.05) is 0 Å². The number of aliphatic hydroxyl groups is 4. The normalized spacial score (nSPS) is 65.8. The van der Waals surface area contributed by atoms with E-state index in [2.05, 4.69) is 18.7 Å². The monoisotopic (exact) mass is 423 g/mol. The standard InChI is InChI=1S/C23H37NO6/c1-5-24-10-20(2)7-6-14(25)22-12-8-11-13(29-3)9-21(30-4,15(12)16(11)26)23(28,19(22)24)18(27)17(20)22/h11-19,25-28H,5-10H2,1-4H3/t11-,12-,13+,14+,15-,16+,17-,18-,19+,20+,21-,22+,23+/m1/s1. The summed E-state index contributed by atoms with van der Waals surface area (Å²) < 4.78 is 12.1. The average Bonchev–Trinajstić information content (AvgIpc) is 3.07. The lowest BCUT2D eigenvalue weighted by Gasteiger charge is -2.70. The van der Waals surface area contributed by atoms with Gasteiger partial charge in [0.15, 0.2) is 0 Å². The van der Waals surface area contributed by atoms with E-state index in [1.54, 1.807) is 14.2 Å². The zero-order valence-corrected chi connectivity index (χ0v) is 18.5. The topological polar surface area (TPSA) is 103 Å². The molecule has 30 heavy (non-hydrogen) atoms. The molecule has 13 atom stereocenters. The first-order chi connectivity index (χ1) is 14.2. The first-order valence-corrected chi connectivity index (χ1v) is 11.8. The predicted molar refractivity (Wildman–Crippen MR) is 108 cm³/mol. The SMILES string of the molecule is CCN1C[C@]2(C)CC[C@H](O)[C@@]34[C@@H]5C[C@H]6[C@H](O)[C@@H]5[C@](OC)(C[C@@H]6OC)[C@](O)([C@H](O)[C@H]23)[C@@H]14.